The second-order valence-electron chi connectivity index (χ2n) is 9.39. The van der Waals surface area contributed by atoms with Crippen molar-refractivity contribution >= 4 is 17.5 Å². The molecule has 1 fully saturated rings. The van der Waals surface area contributed by atoms with Crippen molar-refractivity contribution < 1.29 is 14.3 Å². The van der Waals surface area contributed by atoms with E-state index in [0.717, 1.165) is 23.2 Å². The number of ether oxygens (including phenoxy) is 2. The third kappa shape index (κ3) is 5.05. The molecule has 1 saturated heterocycles. The largest absolute Gasteiger partial charge is 0.444 e. The molecule has 1 amide bonds. The maximum absolute atomic E-state index is 13.2. The van der Waals surface area contributed by atoms with E-state index in [-0.39, 0.29) is 18.1 Å². The molecule has 2 atom stereocenters. The van der Waals surface area contributed by atoms with Crippen LogP contribution in [-0.2, 0) is 15.9 Å². The van der Waals surface area contributed by atoms with Crippen molar-refractivity contribution in [2.45, 2.75) is 64.3 Å². The van der Waals surface area contributed by atoms with Crippen LogP contribution >= 0.6 is 0 Å². The Morgan fingerprint density at radius 3 is 2.17 bits per heavy atom. The molecule has 0 saturated carbocycles. The summed E-state index contributed by atoms with van der Waals surface area (Å²) in [6.45, 7) is 9.84. The number of hydrogen-bond donors (Lipinski definition) is 2. The van der Waals surface area contributed by atoms with Gasteiger partial charge in [-0.25, -0.2) is 4.79 Å². The first-order chi connectivity index (χ1) is 14.0. The van der Waals surface area contributed by atoms with Gasteiger partial charge < -0.3 is 20.9 Å². The third-order valence-electron chi connectivity index (χ3n) is 5.37. The quantitative estimate of drug-likeness (QED) is 0.720. The molecule has 0 radical (unpaired) electrons. The van der Waals surface area contributed by atoms with E-state index in [0.29, 0.717) is 12.3 Å². The summed E-state index contributed by atoms with van der Waals surface area (Å²) in [5.41, 5.74) is 14.1. The average molecular weight is 412 g/mol. The van der Waals surface area contributed by atoms with Crippen molar-refractivity contribution in [2.24, 2.45) is 0 Å². The molecule has 0 spiro atoms. The summed E-state index contributed by atoms with van der Waals surface area (Å²) < 4.78 is 11.8. The van der Waals surface area contributed by atoms with E-state index in [1.165, 1.54) is 0 Å². The fourth-order valence-corrected chi connectivity index (χ4v) is 3.92. The topological polar surface area (TPSA) is 90.8 Å². The summed E-state index contributed by atoms with van der Waals surface area (Å²) >= 11 is 0. The SMILES string of the molecule is CC(C)(C)OC(=O)N1[C@@H](C(Cc2ccc(N)cc2)c2ccc(N)cc2)COC1(C)C. The summed E-state index contributed by atoms with van der Waals surface area (Å²) in [5.74, 6) is 0.00326. The molecular weight excluding hydrogens is 378 g/mol. The lowest BCUT2D eigenvalue weighted by molar-refractivity contribution is -0.0633. The second kappa shape index (κ2) is 8.19. The molecule has 2 aromatic carbocycles. The maximum atomic E-state index is 13.2. The Morgan fingerprint density at radius 2 is 1.63 bits per heavy atom. The lowest BCUT2D eigenvalue weighted by Crippen LogP contribution is -2.51. The van der Waals surface area contributed by atoms with Crippen LogP contribution in [0, 0.1) is 0 Å². The minimum Gasteiger partial charge on any atom is -0.444 e. The van der Waals surface area contributed by atoms with Crippen LogP contribution in [0.3, 0.4) is 0 Å². The first-order valence-corrected chi connectivity index (χ1v) is 10.3. The third-order valence-corrected chi connectivity index (χ3v) is 5.37. The zero-order chi connectivity index (χ0) is 22.1. The number of carbonyl (C=O) groups is 1. The smallest absolute Gasteiger partial charge is 0.412 e. The van der Waals surface area contributed by atoms with E-state index in [4.69, 9.17) is 20.9 Å². The standard InChI is InChI=1S/C24H33N3O3/c1-23(2,3)30-22(28)27-21(15-29-24(27,4)5)20(17-8-12-19(26)13-9-17)14-16-6-10-18(25)11-7-16/h6-13,20-21H,14-15,25-26H2,1-5H3/t20?,21-/m1/s1. The van der Waals surface area contributed by atoms with Gasteiger partial charge in [0.2, 0.25) is 0 Å². The van der Waals surface area contributed by atoms with Crippen LogP contribution in [0.4, 0.5) is 16.2 Å². The molecule has 1 unspecified atom stereocenters. The van der Waals surface area contributed by atoms with Gasteiger partial charge in [0.05, 0.1) is 12.6 Å². The van der Waals surface area contributed by atoms with Crippen molar-refractivity contribution in [3.8, 4) is 0 Å². The molecule has 1 aliphatic heterocycles. The molecule has 30 heavy (non-hydrogen) atoms. The lowest BCUT2D eigenvalue weighted by atomic mass is 9.85. The molecule has 1 aliphatic rings. The van der Waals surface area contributed by atoms with Gasteiger partial charge in [-0.1, -0.05) is 24.3 Å². The number of carbonyl (C=O) groups excluding carboxylic acids is 1. The predicted octanol–water partition coefficient (Wildman–Crippen LogP) is 4.55. The van der Waals surface area contributed by atoms with Gasteiger partial charge in [-0.05, 0) is 76.4 Å². The molecule has 4 N–H and O–H groups in total. The van der Waals surface area contributed by atoms with Gasteiger partial charge in [0.1, 0.15) is 11.3 Å². The molecule has 6 nitrogen and oxygen atoms in total. The van der Waals surface area contributed by atoms with Crippen LogP contribution < -0.4 is 11.5 Å². The molecule has 162 valence electrons. The molecule has 0 aromatic heterocycles. The van der Waals surface area contributed by atoms with Crippen LogP contribution in [0.25, 0.3) is 0 Å². The number of rotatable bonds is 4. The Labute approximate surface area is 179 Å². The normalized spacial score (nSPS) is 19.5. The summed E-state index contributed by atoms with van der Waals surface area (Å²) in [4.78, 5) is 14.9. The molecular formula is C24H33N3O3. The van der Waals surface area contributed by atoms with E-state index in [2.05, 4.69) is 0 Å². The van der Waals surface area contributed by atoms with Crippen LogP contribution in [0.15, 0.2) is 48.5 Å². The van der Waals surface area contributed by atoms with Crippen molar-refractivity contribution in [3.05, 3.63) is 59.7 Å². The van der Waals surface area contributed by atoms with Crippen LogP contribution in [-0.4, -0.2) is 35.0 Å². The van der Waals surface area contributed by atoms with Crippen molar-refractivity contribution in [1.82, 2.24) is 4.90 Å². The highest BCUT2D eigenvalue weighted by atomic mass is 16.6. The van der Waals surface area contributed by atoms with Crippen LogP contribution in [0.5, 0.6) is 0 Å². The van der Waals surface area contributed by atoms with E-state index in [9.17, 15) is 4.79 Å². The fourth-order valence-electron chi connectivity index (χ4n) is 3.92. The van der Waals surface area contributed by atoms with E-state index in [1.807, 2.05) is 83.1 Å². The number of nitrogen functional groups attached to an aromatic ring is 2. The van der Waals surface area contributed by atoms with Gasteiger partial charge in [0.25, 0.3) is 0 Å². The van der Waals surface area contributed by atoms with Crippen LogP contribution in [0.1, 0.15) is 51.7 Å². The van der Waals surface area contributed by atoms with Crippen molar-refractivity contribution in [1.29, 1.82) is 0 Å². The second-order valence-corrected chi connectivity index (χ2v) is 9.39. The number of hydrogen-bond acceptors (Lipinski definition) is 5. The highest BCUT2D eigenvalue weighted by Crippen LogP contribution is 2.38. The number of benzene rings is 2. The number of nitrogens with two attached hydrogens (primary N) is 2. The van der Waals surface area contributed by atoms with Gasteiger partial charge in [-0.2, -0.15) is 0 Å². The summed E-state index contributed by atoms with van der Waals surface area (Å²) in [6.07, 6.45) is 0.362. The first kappa shape index (κ1) is 22.0. The lowest BCUT2D eigenvalue weighted by Gasteiger charge is -2.38. The zero-order valence-corrected chi connectivity index (χ0v) is 18.5. The molecule has 0 bridgehead atoms. The monoisotopic (exact) mass is 411 g/mol. The van der Waals surface area contributed by atoms with Gasteiger partial charge >= 0.3 is 6.09 Å². The minimum absolute atomic E-state index is 0.00326. The van der Waals surface area contributed by atoms with Gasteiger partial charge in [0, 0.05) is 17.3 Å². The Morgan fingerprint density at radius 1 is 1.10 bits per heavy atom. The van der Waals surface area contributed by atoms with E-state index in [1.54, 1.807) is 4.90 Å². The fraction of sp³-hybridized carbons (Fsp3) is 0.458. The van der Waals surface area contributed by atoms with Crippen molar-refractivity contribution in [2.75, 3.05) is 18.1 Å². The first-order valence-electron chi connectivity index (χ1n) is 10.3. The van der Waals surface area contributed by atoms with Gasteiger partial charge in [-0.15, -0.1) is 0 Å². The predicted molar refractivity (Wildman–Crippen MR) is 120 cm³/mol. The molecule has 2 aromatic rings. The highest BCUT2D eigenvalue weighted by molar-refractivity contribution is 5.70. The van der Waals surface area contributed by atoms with E-state index < -0.39 is 11.3 Å². The molecule has 1 heterocycles. The molecule has 0 aliphatic carbocycles. The number of anilines is 2. The Balaban J connectivity index is 1.98. The molecule has 3 rings (SSSR count). The van der Waals surface area contributed by atoms with Crippen molar-refractivity contribution in [3.63, 3.8) is 0 Å². The Kier molecular flexibility index (Phi) is 5.99. The highest BCUT2D eigenvalue weighted by Gasteiger charge is 2.48. The number of amides is 1. The minimum atomic E-state index is -0.764. The van der Waals surface area contributed by atoms with Gasteiger partial charge in [0.15, 0.2) is 0 Å². The number of nitrogens with zero attached hydrogens (tertiary/aromatic N) is 1. The molecule has 6 heteroatoms. The average Bonchev–Trinajstić information content (AvgIpc) is 2.96. The summed E-state index contributed by atoms with van der Waals surface area (Å²) in [7, 11) is 0. The summed E-state index contributed by atoms with van der Waals surface area (Å²) in [6, 6.07) is 15.5. The van der Waals surface area contributed by atoms with Crippen LogP contribution in [0.2, 0.25) is 0 Å². The van der Waals surface area contributed by atoms with Gasteiger partial charge in [-0.3, -0.25) is 4.90 Å². The van der Waals surface area contributed by atoms with E-state index >= 15 is 0 Å². The Bertz CT molecular complexity index is 870. The Hall–Kier alpha value is -2.73. The zero-order valence-electron chi connectivity index (χ0n) is 18.5. The maximum Gasteiger partial charge on any atom is 0.412 e. The summed E-state index contributed by atoms with van der Waals surface area (Å²) in [5, 5.41) is 0.